The molecular formula is C20H22N2O2. The predicted octanol–water partition coefficient (Wildman–Crippen LogP) is 3.28. The van der Waals surface area contributed by atoms with Gasteiger partial charge in [-0.2, -0.15) is 0 Å². The molecule has 1 fully saturated rings. The molecular weight excluding hydrogens is 300 g/mol. The molecule has 4 heteroatoms. The standard InChI is InChI=1S/C20H22N2O2/c23-19(12-4-7-16-8-5-13-21-15-16)22-14-6-11-18(22)20(24)17-9-2-1-3-10-17/h1-3,5,8-10,13,15,18H,4,6-7,11-12,14H2. The van der Waals surface area contributed by atoms with Gasteiger partial charge < -0.3 is 4.90 Å². The Labute approximate surface area is 142 Å². The maximum atomic E-state index is 12.7. The van der Waals surface area contributed by atoms with E-state index in [0.717, 1.165) is 31.2 Å². The Balaban J connectivity index is 1.56. The molecule has 1 unspecified atom stereocenters. The molecule has 2 aromatic rings. The maximum Gasteiger partial charge on any atom is 0.223 e. The lowest BCUT2D eigenvalue weighted by Gasteiger charge is -2.24. The monoisotopic (exact) mass is 322 g/mol. The Bertz CT molecular complexity index is 685. The zero-order valence-electron chi connectivity index (χ0n) is 13.7. The molecule has 0 spiro atoms. The molecule has 0 bridgehead atoms. The van der Waals surface area contributed by atoms with Crippen molar-refractivity contribution in [2.45, 2.75) is 38.1 Å². The quantitative estimate of drug-likeness (QED) is 0.767. The van der Waals surface area contributed by atoms with Crippen molar-refractivity contribution in [3.05, 3.63) is 66.0 Å². The fraction of sp³-hybridized carbons (Fsp3) is 0.350. The first-order chi connectivity index (χ1) is 11.8. The molecule has 0 N–H and O–H groups in total. The van der Waals surface area contributed by atoms with Gasteiger partial charge in [0.15, 0.2) is 5.78 Å². The van der Waals surface area contributed by atoms with Crippen molar-refractivity contribution in [3.8, 4) is 0 Å². The van der Waals surface area contributed by atoms with Crippen LogP contribution in [0.1, 0.15) is 41.6 Å². The number of hydrogen-bond acceptors (Lipinski definition) is 3. The third-order valence-corrected chi connectivity index (χ3v) is 4.51. The minimum atomic E-state index is -0.293. The number of nitrogens with zero attached hydrogens (tertiary/aromatic N) is 2. The lowest BCUT2D eigenvalue weighted by atomic mass is 10.0. The normalized spacial score (nSPS) is 17.0. The zero-order valence-corrected chi connectivity index (χ0v) is 13.7. The first-order valence-corrected chi connectivity index (χ1v) is 8.53. The molecule has 0 aliphatic carbocycles. The molecule has 1 amide bonds. The molecule has 124 valence electrons. The summed E-state index contributed by atoms with van der Waals surface area (Å²) in [6, 6.07) is 12.9. The van der Waals surface area contributed by atoms with E-state index >= 15 is 0 Å². The Morgan fingerprint density at radius 3 is 2.71 bits per heavy atom. The van der Waals surface area contributed by atoms with Crippen molar-refractivity contribution < 1.29 is 9.59 Å². The van der Waals surface area contributed by atoms with Crippen LogP contribution >= 0.6 is 0 Å². The van der Waals surface area contributed by atoms with E-state index in [4.69, 9.17) is 0 Å². The number of rotatable bonds is 6. The van der Waals surface area contributed by atoms with Gasteiger partial charge in [0.05, 0.1) is 6.04 Å². The number of carbonyl (C=O) groups excluding carboxylic acids is 2. The number of amides is 1. The van der Waals surface area contributed by atoms with Gasteiger partial charge >= 0.3 is 0 Å². The summed E-state index contributed by atoms with van der Waals surface area (Å²) in [6.07, 6.45) is 7.35. The minimum absolute atomic E-state index is 0.0636. The first kappa shape index (κ1) is 16.4. The summed E-state index contributed by atoms with van der Waals surface area (Å²) < 4.78 is 0. The molecule has 1 saturated heterocycles. The Hall–Kier alpha value is -2.49. The van der Waals surface area contributed by atoms with Crippen LogP contribution in [0.2, 0.25) is 0 Å². The first-order valence-electron chi connectivity index (χ1n) is 8.53. The van der Waals surface area contributed by atoms with Crippen molar-refractivity contribution in [1.29, 1.82) is 0 Å². The predicted molar refractivity (Wildman–Crippen MR) is 92.7 cm³/mol. The number of aryl methyl sites for hydroxylation is 1. The third-order valence-electron chi connectivity index (χ3n) is 4.51. The van der Waals surface area contributed by atoms with Gasteiger partial charge in [-0.15, -0.1) is 0 Å². The van der Waals surface area contributed by atoms with E-state index in [1.807, 2.05) is 48.7 Å². The van der Waals surface area contributed by atoms with E-state index in [1.54, 1.807) is 11.1 Å². The molecule has 1 aliphatic rings. The summed E-state index contributed by atoms with van der Waals surface area (Å²) in [5.41, 5.74) is 1.83. The van der Waals surface area contributed by atoms with E-state index in [-0.39, 0.29) is 17.7 Å². The number of hydrogen-bond donors (Lipinski definition) is 0. The summed E-state index contributed by atoms with van der Waals surface area (Å²) in [4.78, 5) is 31.1. The van der Waals surface area contributed by atoms with Gasteiger partial charge in [-0.3, -0.25) is 14.6 Å². The third kappa shape index (κ3) is 3.88. The van der Waals surface area contributed by atoms with Crippen LogP contribution in [0.25, 0.3) is 0 Å². The number of Topliss-reactive ketones (excluding diaryl/α,β-unsaturated/α-hetero) is 1. The van der Waals surface area contributed by atoms with Crippen LogP contribution < -0.4 is 0 Å². The van der Waals surface area contributed by atoms with Crippen molar-refractivity contribution in [2.75, 3.05) is 6.54 Å². The number of benzene rings is 1. The summed E-state index contributed by atoms with van der Waals surface area (Å²) in [5.74, 6) is 0.152. The second kappa shape index (κ2) is 7.86. The molecule has 0 saturated carbocycles. The lowest BCUT2D eigenvalue weighted by Crippen LogP contribution is -2.40. The molecule has 24 heavy (non-hydrogen) atoms. The Kier molecular flexibility index (Phi) is 5.36. The van der Waals surface area contributed by atoms with Crippen LogP contribution in [-0.2, 0) is 11.2 Å². The van der Waals surface area contributed by atoms with Crippen molar-refractivity contribution in [2.24, 2.45) is 0 Å². The van der Waals surface area contributed by atoms with Gasteiger partial charge in [0.2, 0.25) is 5.91 Å². The molecule has 1 aromatic heterocycles. The Morgan fingerprint density at radius 2 is 1.96 bits per heavy atom. The molecule has 1 aromatic carbocycles. The topological polar surface area (TPSA) is 50.3 Å². The molecule has 4 nitrogen and oxygen atoms in total. The maximum absolute atomic E-state index is 12.7. The van der Waals surface area contributed by atoms with Crippen LogP contribution in [-0.4, -0.2) is 34.2 Å². The highest BCUT2D eigenvalue weighted by Crippen LogP contribution is 2.22. The average Bonchev–Trinajstić information content (AvgIpc) is 3.12. The van der Waals surface area contributed by atoms with E-state index in [9.17, 15) is 9.59 Å². The number of aromatic nitrogens is 1. The number of likely N-dealkylation sites (tertiary alicyclic amines) is 1. The van der Waals surface area contributed by atoms with E-state index in [2.05, 4.69) is 4.98 Å². The smallest absolute Gasteiger partial charge is 0.223 e. The second-order valence-electron chi connectivity index (χ2n) is 6.19. The number of carbonyl (C=O) groups is 2. The van der Waals surface area contributed by atoms with Crippen LogP contribution in [0, 0.1) is 0 Å². The SMILES string of the molecule is O=C(c1ccccc1)C1CCCN1C(=O)CCCc1cccnc1. The van der Waals surface area contributed by atoms with Gasteiger partial charge in [0.1, 0.15) is 0 Å². The van der Waals surface area contributed by atoms with Gasteiger partial charge in [-0.05, 0) is 37.3 Å². The van der Waals surface area contributed by atoms with Crippen LogP contribution in [0.3, 0.4) is 0 Å². The van der Waals surface area contributed by atoms with Gasteiger partial charge in [-0.25, -0.2) is 0 Å². The van der Waals surface area contributed by atoms with Crippen LogP contribution in [0.15, 0.2) is 54.9 Å². The van der Waals surface area contributed by atoms with Crippen molar-refractivity contribution in [3.63, 3.8) is 0 Å². The Morgan fingerprint density at radius 1 is 1.12 bits per heavy atom. The molecule has 3 rings (SSSR count). The fourth-order valence-corrected chi connectivity index (χ4v) is 3.27. The highest BCUT2D eigenvalue weighted by atomic mass is 16.2. The number of ketones is 1. The number of pyridine rings is 1. The van der Waals surface area contributed by atoms with Crippen LogP contribution in [0.4, 0.5) is 0 Å². The summed E-state index contributed by atoms with van der Waals surface area (Å²) in [6.45, 7) is 0.689. The van der Waals surface area contributed by atoms with Crippen molar-refractivity contribution in [1.82, 2.24) is 9.88 Å². The lowest BCUT2D eigenvalue weighted by molar-refractivity contribution is -0.131. The highest BCUT2D eigenvalue weighted by molar-refractivity contribution is 6.02. The van der Waals surface area contributed by atoms with Gasteiger partial charge in [0, 0.05) is 30.9 Å². The fourth-order valence-electron chi connectivity index (χ4n) is 3.27. The molecule has 1 atom stereocenters. The summed E-state index contributed by atoms with van der Waals surface area (Å²) in [5, 5.41) is 0. The second-order valence-corrected chi connectivity index (χ2v) is 6.19. The van der Waals surface area contributed by atoms with E-state index in [1.165, 1.54) is 0 Å². The van der Waals surface area contributed by atoms with Crippen molar-refractivity contribution >= 4 is 11.7 Å². The molecule has 0 radical (unpaired) electrons. The van der Waals surface area contributed by atoms with Gasteiger partial charge in [0.25, 0.3) is 0 Å². The molecule has 1 aliphatic heterocycles. The average molecular weight is 322 g/mol. The summed E-state index contributed by atoms with van der Waals surface area (Å²) >= 11 is 0. The minimum Gasteiger partial charge on any atom is -0.332 e. The van der Waals surface area contributed by atoms with E-state index < -0.39 is 0 Å². The summed E-state index contributed by atoms with van der Waals surface area (Å²) in [7, 11) is 0. The molecule has 2 heterocycles. The van der Waals surface area contributed by atoms with Crippen LogP contribution in [0.5, 0.6) is 0 Å². The highest BCUT2D eigenvalue weighted by Gasteiger charge is 2.33. The zero-order chi connectivity index (χ0) is 16.8. The van der Waals surface area contributed by atoms with E-state index in [0.29, 0.717) is 18.5 Å². The van der Waals surface area contributed by atoms with Gasteiger partial charge in [-0.1, -0.05) is 36.4 Å². The largest absolute Gasteiger partial charge is 0.332 e.